The van der Waals surface area contributed by atoms with E-state index >= 15 is 0 Å². The maximum Gasteiger partial charge on any atom is 0.191 e. The van der Waals surface area contributed by atoms with Gasteiger partial charge in [0.2, 0.25) is 0 Å². The number of hydrogen-bond donors (Lipinski definition) is 2. The third kappa shape index (κ3) is 6.42. The van der Waals surface area contributed by atoms with Crippen molar-refractivity contribution in [3.05, 3.63) is 51.2 Å². The molecular weight excluding hydrogens is 426 g/mol. The Kier molecular flexibility index (Phi) is 8.46. The van der Waals surface area contributed by atoms with E-state index in [1.807, 2.05) is 20.8 Å². The zero-order valence-corrected chi connectivity index (χ0v) is 16.7. The third-order valence-corrected chi connectivity index (χ3v) is 4.17. The number of thiazole rings is 1. The van der Waals surface area contributed by atoms with Crippen molar-refractivity contribution < 1.29 is 4.39 Å². The van der Waals surface area contributed by atoms with E-state index in [1.54, 1.807) is 23.5 Å². The maximum atomic E-state index is 12.9. The molecule has 0 unspecified atom stereocenters. The molecule has 0 saturated carbocycles. The lowest BCUT2D eigenvalue weighted by molar-refractivity contribution is 0.627. The fourth-order valence-corrected chi connectivity index (χ4v) is 2.88. The van der Waals surface area contributed by atoms with Crippen molar-refractivity contribution in [1.82, 2.24) is 15.6 Å². The number of aryl methyl sites for hydroxylation is 2. The number of nitrogens with one attached hydrogen (secondary N) is 2. The van der Waals surface area contributed by atoms with Crippen LogP contribution in [-0.2, 0) is 13.1 Å². The molecule has 1 aromatic heterocycles. The average molecular weight is 448 g/mol. The van der Waals surface area contributed by atoms with E-state index in [9.17, 15) is 4.39 Å². The first kappa shape index (κ1) is 19.8. The fourth-order valence-electron chi connectivity index (χ4n) is 2.00. The Bertz CT molecular complexity index is 640. The zero-order valence-electron chi connectivity index (χ0n) is 13.5. The summed E-state index contributed by atoms with van der Waals surface area (Å²) in [6.07, 6.45) is 0. The lowest BCUT2D eigenvalue weighted by Crippen LogP contribution is -2.36. The summed E-state index contributed by atoms with van der Waals surface area (Å²) >= 11 is 1.69. The molecule has 1 aromatic carbocycles. The third-order valence-electron chi connectivity index (χ3n) is 3.09. The molecular formula is C16H22FIN4S. The van der Waals surface area contributed by atoms with E-state index in [0.717, 1.165) is 28.8 Å². The van der Waals surface area contributed by atoms with Crippen LogP contribution >= 0.6 is 35.3 Å². The van der Waals surface area contributed by atoms with E-state index in [1.165, 1.54) is 17.0 Å². The van der Waals surface area contributed by atoms with Crippen LogP contribution in [0.5, 0.6) is 0 Å². The van der Waals surface area contributed by atoms with Crippen LogP contribution in [-0.4, -0.2) is 17.5 Å². The number of aliphatic imine (C=N–C) groups is 1. The van der Waals surface area contributed by atoms with Crippen molar-refractivity contribution in [3.8, 4) is 0 Å². The summed E-state index contributed by atoms with van der Waals surface area (Å²) in [5, 5.41) is 7.59. The Morgan fingerprint density at radius 1 is 1.22 bits per heavy atom. The molecule has 0 fully saturated rings. The number of nitrogens with zero attached hydrogens (tertiary/aromatic N) is 2. The molecule has 0 aliphatic heterocycles. The second-order valence-corrected chi connectivity index (χ2v) is 6.20. The van der Waals surface area contributed by atoms with Gasteiger partial charge in [0, 0.05) is 11.4 Å². The van der Waals surface area contributed by atoms with E-state index < -0.39 is 0 Å². The maximum absolute atomic E-state index is 12.9. The second kappa shape index (κ2) is 9.82. The number of guanidine groups is 1. The molecule has 1 heterocycles. The monoisotopic (exact) mass is 448 g/mol. The minimum Gasteiger partial charge on any atom is -0.357 e. The molecule has 0 atom stereocenters. The highest BCUT2D eigenvalue weighted by molar-refractivity contribution is 14.0. The molecule has 0 radical (unpaired) electrons. The van der Waals surface area contributed by atoms with Gasteiger partial charge in [0.05, 0.1) is 23.8 Å². The summed E-state index contributed by atoms with van der Waals surface area (Å²) < 4.78 is 12.9. The standard InChI is InChI=1S/C16H21FN4S.HI/c1-4-18-16(19-9-13-5-7-14(17)8-6-13)20-10-15-11(2)21-12(3)22-15;/h5-8H,4,9-10H2,1-3H3,(H2,18,19,20);1H. The van der Waals surface area contributed by atoms with E-state index in [0.29, 0.717) is 13.1 Å². The lowest BCUT2D eigenvalue weighted by atomic mass is 10.2. The topological polar surface area (TPSA) is 49.3 Å². The van der Waals surface area contributed by atoms with Crippen molar-refractivity contribution in [2.45, 2.75) is 33.9 Å². The van der Waals surface area contributed by atoms with Crippen molar-refractivity contribution in [1.29, 1.82) is 0 Å². The van der Waals surface area contributed by atoms with Crippen molar-refractivity contribution in [3.63, 3.8) is 0 Å². The minimum atomic E-state index is -0.228. The summed E-state index contributed by atoms with van der Waals surface area (Å²) in [6.45, 7) is 8.05. The van der Waals surface area contributed by atoms with Crippen molar-refractivity contribution >= 4 is 41.3 Å². The summed E-state index contributed by atoms with van der Waals surface area (Å²) in [4.78, 5) is 10.2. The predicted molar refractivity (Wildman–Crippen MR) is 105 cm³/mol. The van der Waals surface area contributed by atoms with Gasteiger partial charge in [-0.3, -0.25) is 0 Å². The number of rotatable bonds is 5. The highest BCUT2D eigenvalue weighted by atomic mass is 127. The summed E-state index contributed by atoms with van der Waals surface area (Å²) in [6, 6.07) is 6.40. The molecule has 0 spiro atoms. The first-order valence-electron chi connectivity index (χ1n) is 7.28. The van der Waals surface area contributed by atoms with Gasteiger partial charge >= 0.3 is 0 Å². The van der Waals surface area contributed by atoms with Gasteiger partial charge in [0.15, 0.2) is 5.96 Å². The summed E-state index contributed by atoms with van der Waals surface area (Å²) in [7, 11) is 0. The molecule has 4 nitrogen and oxygen atoms in total. The molecule has 7 heteroatoms. The number of benzene rings is 1. The SMILES string of the molecule is CCNC(=NCc1ccc(F)cc1)NCc1sc(C)nc1C.I. The molecule has 2 N–H and O–H groups in total. The first-order valence-corrected chi connectivity index (χ1v) is 8.09. The van der Waals surface area contributed by atoms with Gasteiger partial charge in [0.25, 0.3) is 0 Å². The normalized spacial score (nSPS) is 11.0. The molecule has 126 valence electrons. The van der Waals surface area contributed by atoms with Crippen LogP contribution in [0.3, 0.4) is 0 Å². The average Bonchev–Trinajstić information content (AvgIpc) is 2.81. The number of aromatic nitrogens is 1. The molecule has 0 amide bonds. The van der Waals surface area contributed by atoms with Crippen LogP contribution in [0.2, 0.25) is 0 Å². The van der Waals surface area contributed by atoms with Gasteiger partial charge in [-0.05, 0) is 38.5 Å². The van der Waals surface area contributed by atoms with Gasteiger partial charge in [-0.1, -0.05) is 12.1 Å². The van der Waals surface area contributed by atoms with Gasteiger partial charge < -0.3 is 10.6 Å². The van der Waals surface area contributed by atoms with Crippen LogP contribution in [0, 0.1) is 19.7 Å². The van der Waals surface area contributed by atoms with Crippen LogP contribution in [0.15, 0.2) is 29.3 Å². The van der Waals surface area contributed by atoms with E-state index in [4.69, 9.17) is 0 Å². The number of halogens is 2. The van der Waals surface area contributed by atoms with Gasteiger partial charge in [-0.25, -0.2) is 14.4 Å². The fraction of sp³-hybridized carbons (Fsp3) is 0.375. The van der Waals surface area contributed by atoms with Crippen LogP contribution in [0.4, 0.5) is 4.39 Å². The van der Waals surface area contributed by atoms with Crippen molar-refractivity contribution in [2.75, 3.05) is 6.54 Å². The second-order valence-electron chi connectivity index (χ2n) is 4.92. The van der Waals surface area contributed by atoms with Gasteiger partial charge in [0.1, 0.15) is 5.82 Å². The van der Waals surface area contributed by atoms with Gasteiger partial charge in [-0.15, -0.1) is 35.3 Å². The smallest absolute Gasteiger partial charge is 0.191 e. The van der Waals surface area contributed by atoms with Crippen LogP contribution < -0.4 is 10.6 Å². The van der Waals surface area contributed by atoms with Crippen LogP contribution in [0.1, 0.15) is 28.1 Å². The first-order chi connectivity index (χ1) is 10.6. The Morgan fingerprint density at radius 3 is 2.48 bits per heavy atom. The van der Waals surface area contributed by atoms with Crippen molar-refractivity contribution in [2.24, 2.45) is 4.99 Å². The van der Waals surface area contributed by atoms with E-state index in [-0.39, 0.29) is 29.8 Å². The molecule has 0 aliphatic rings. The van der Waals surface area contributed by atoms with Crippen LogP contribution in [0.25, 0.3) is 0 Å². The Morgan fingerprint density at radius 2 is 1.91 bits per heavy atom. The lowest BCUT2D eigenvalue weighted by Gasteiger charge is -2.10. The highest BCUT2D eigenvalue weighted by Gasteiger charge is 2.05. The molecule has 0 saturated heterocycles. The molecule has 2 rings (SSSR count). The Labute approximate surface area is 157 Å². The highest BCUT2D eigenvalue weighted by Crippen LogP contribution is 2.16. The molecule has 2 aromatic rings. The predicted octanol–water partition coefficient (Wildman–Crippen LogP) is 3.77. The Balaban J connectivity index is 0.00000264. The Hall–Kier alpha value is -1.22. The summed E-state index contributed by atoms with van der Waals surface area (Å²) in [5.41, 5.74) is 2.04. The van der Waals surface area contributed by atoms with E-state index in [2.05, 4.69) is 20.6 Å². The molecule has 0 aliphatic carbocycles. The number of hydrogen-bond acceptors (Lipinski definition) is 3. The van der Waals surface area contributed by atoms with Gasteiger partial charge in [-0.2, -0.15) is 0 Å². The minimum absolute atomic E-state index is 0. The summed E-state index contributed by atoms with van der Waals surface area (Å²) in [5.74, 6) is 0.520. The largest absolute Gasteiger partial charge is 0.357 e. The molecule has 0 bridgehead atoms. The molecule has 23 heavy (non-hydrogen) atoms. The zero-order chi connectivity index (χ0) is 15.9. The quantitative estimate of drug-likeness (QED) is 0.416.